The van der Waals surface area contributed by atoms with Gasteiger partial charge in [-0.25, -0.2) is 4.98 Å². The van der Waals surface area contributed by atoms with Crippen LogP contribution in [0.25, 0.3) is 16.2 Å². The van der Waals surface area contributed by atoms with Gasteiger partial charge in [-0.2, -0.15) is 0 Å². The lowest BCUT2D eigenvalue weighted by molar-refractivity contribution is -0.384. The number of imidazole rings is 1. The number of anilines is 1. The number of non-ortho nitro benzene ring substituents is 1. The van der Waals surface area contributed by atoms with Crippen LogP contribution < -0.4 is 5.32 Å². The molecule has 1 amide bonds. The van der Waals surface area contributed by atoms with Crippen LogP contribution in [0.1, 0.15) is 18.2 Å². The number of nitro benzene ring substituents is 1. The lowest BCUT2D eigenvalue weighted by Crippen LogP contribution is -2.15. The molecule has 2 N–H and O–H groups in total. The lowest BCUT2D eigenvalue weighted by atomic mass is 10.1. The van der Waals surface area contributed by atoms with Gasteiger partial charge in [-0.3, -0.25) is 19.3 Å². The fourth-order valence-electron chi connectivity index (χ4n) is 3.10. The summed E-state index contributed by atoms with van der Waals surface area (Å²) in [5.74, 6) is -0.627. The summed E-state index contributed by atoms with van der Waals surface area (Å²) >= 11 is 1.43. The standard InChI is InChI=1S/C21H18N4O4S/c1-2-13-3-5-14(6-4-13)18-11-24-16(12-30-21(24)23-18)10-20(27)22-17-9-15(25(28)29)7-8-19(17)26/h3-9,11-12,26H,2,10H2,1H3,(H,22,27). The number of amides is 1. The summed E-state index contributed by atoms with van der Waals surface area (Å²) in [5.41, 5.74) is 3.60. The number of hydrogen-bond acceptors (Lipinski definition) is 6. The van der Waals surface area contributed by atoms with E-state index in [1.807, 2.05) is 28.1 Å². The highest BCUT2D eigenvalue weighted by Crippen LogP contribution is 2.28. The summed E-state index contributed by atoms with van der Waals surface area (Å²) in [6.07, 6.45) is 2.89. The van der Waals surface area contributed by atoms with E-state index in [0.29, 0.717) is 0 Å². The molecule has 0 saturated carbocycles. The molecular formula is C21H18N4O4S. The Morgan fingerprint density at radius 1 is 1.27 bits per heavy atom. The van der Waals surface area contributed by atoms with Gasteiger partial charge in [-0.05, 0) is 18.1 Å². The van der Waals surface area contributed by atoms with Crippen molar-refractivity contribution in [3.05, 3.63) is 75.4 Å². The molecule has 0 aliphatic carbocycles. The maximum absolute atomic E-state index is 12.5. The van der Waals surface area contributed by atoms with Crippen LogP contribution in [-0.4, -0.2) is 25.3 Å². The number of hydrogen-bond donors (Lipinski definition) is 2. The first kappa shape index (κ1) is 19.6. The van der Waals surface area contributed by atoms with Crippen molar-refractivity contribution in [3.63, 3.8) is 0 Å². The van der Waals surface area contributed by atoms with Crippen molar-refractivity contribution in [1.29, 1.82) is 0 Å². The number of aromatic hydroxyl groups is 1. The van der Waals surface area contributed by atoms with Crippen LogP contribution in [0.15, 0.2) is 54.0 Å². The summed E-state index contributed by atoms with van der Waals surface area (Å²) in [6.45, 7) is 2.10. The zero-order chi connectivity index (χ0) is 21.3. The number of rotatable bonds is 6. The van der Waals surface area contributed by atoms with Gasteiger partial charge in [0.1, 0.15) is 5.75 Å². The second-order valence-electron chi connectivity index (χ2n) is 6.74. The van der Waals surface area contributed by atoms with Gasteiger partial charge in [0.2, 0.25) is 5.91 Å². The number of carbonyl (C=O) groups excluding carboxylic acids is 1. The summed E-state index contributed by atoms with van der Waals surface area (Å²) in [4.78, 5) is 28.2. The molecule has 0 saturated heterocycles. The maximum Gasteiger partial charge on any atom is 0.271 e. The minimum Gasteiger partial charge on any atom is -0.506 e. The third-order valence-corrected chi connectivity index (χ3v) is 5.64. The number of phenols is 1. The second-order valence-corrected chi connectivity index (χ2v) is 7.58. The van der Waals surface area contributed by atoms with Crippen LogP contribution in [0.3, 0.4) is 0 Å². The van der Waals surface area contributed by atoms with Crippen molar-refractivity contribution < 1.29 is 14.8 Å². The first-order valence-electron chi connectivity index (χ1n) is 9.26. The highest BCUT2D eigenvalue weighted by molar-refractivity contribution is 7.15. The molecule has 0 aliphatic heterocycles. The van der Waals surface area contributed by atoms with E-state index in [9.17, 15) is 20.0 Å². The van der Waals surface area contributed by atoms with Crippen molar-refractivity contribution in [2.45, 2.75) is 19.8 Å². The van der Waals surface area contributed by atoms with Gasteiger partial charge in [-0.15, -0.1) is 11.3 Å². The Morgan fingerprint density at radius 3 is 2.73 bits per heavy atom. The van der Waals surface area contributed by atoms with Crippen LogP contribution in [0.5, 0.6) is 5.75 Å². The lowest BCUT2D eigenvalue weighted by Gasteiger charge is -2.07. The van der Waals surface area contributed by atoms with Crippen LogP contribution in [0.2, 0.25) is 0 Å². The first-order valence-corrected chi connectivity index (χ1v) is 10.1. The minimum atomic E-state index is -0.586. The van der Waals surface area contributed by atoms with Crippen molar-refractivity contribution >= 4 is 33.6 Å². The van der Waals surface area contributed by atoms with Crippen LogP contribution >= 0.6 is 11.3 Å². The normalized spacial score (nSPS) is 11.0. The predicted molar refractivity (Wildman–Crippen MR) is 115 cm³/mol. The van der Waals surface area contributed by atoms with Gasteiger partial charge < -0.3 is 10.4 Å². The third-order valence-electron chi connectivity index (χ3n) is 4.75. The molecule has 8 nitrogen and oxygen atoms in total. The number of carbonyl (C=O) groups is 1. The monoisotopic (exact) mass is 422 g/mol. The van der Waals surface area contributed by atoms with Gasteiger partial charge in [0.05, 0.1) is 22.7 Å². The van der Waals surface area contributed by atoms with Crippen LogP contribution in [0.4, 0.5) is 11.4 Å². The highest BCUT2D eigenvalue weighted by Gasteiger charge is 2.16. The van der Waals surface area contributed by atoms with Crippen LogP contribution in [-0.2, 0) is 17.6 Å². The Hall–Kier alpha value is -3.72. The van der Waals surface area contributed by atoms with Crippen molar-refractivity contribution in [3.8, 4) is 17.0 Å². The number of phenolic OH excluding ortho intramolecular Hbond substituents is 1. The molecule has 9 heteroatoms. The molecule has 152 valence electrons. The number of nitrogens with zero attached hydrogens (tertiary/aromatic N) is 3. The fourth-order valence-corrected chi connectivity index (χ4v) is 3.98. The number of nitro groups is 1. The van der Waals surface area contributed by atoms with Crippen molar-refractivity contribution in [2.24, 2.45) is 0 Å². The predicted octanol–water partition coefficient (Wildman–Crippen LogP) is 4.42. The molecule has 0 aliphatic rings. The molecule has 0 spiro atoms. The van der Waals surface area contributed by atoms with Crippen molar-refractivity contribution in [2.75, 3.05) is 5.32 Å². The summed E-state index contributed by atoms with van der Waals surface area (Å²) in [7, 11) is 0. The largest absolute Gasteiger partial charge is 0.506 e. The molecule has 0 unspecified atom stereocenters. The zero-order valence-corrected chi connectivity index (χ0v) is 16.8. The zero-order valence-electron chi connectivity index (χ0n) is 16.0. The van der Waals surface area contributed by atoms with E-state index in [1.54, 1.807) is 0 Å². The number of aromatic nitrogens is 2. The number of aryl methyl sites for hydroxylation is 1. The van der Waals surface area contributed by atoms with Gasteiger partial charge in [0.25, 0.3) is 5.69 Å². The molecular weight excluding hydrogens is 404 g/mol. The molecule has 0 bridgehead atoms. The Balaban J connectivity index is 1.54. The SMILES string of the molecule is CCc1ccc(-c2cn3c(CC(=O)Nc4cc([N+](=O)[O-])ccc4O)csc3n2)cc1. The van der Waals surface area contributed by atoms with E-state index in [-0.39, 0.29) is 23.5 Å². The molecule has 0 fully saturated rings. The quantitative estimate of drug-likeness (QED) is 0.272. The average molecular weight is 422 g/mol. The Labute approximate surface area is 175 Å². The van der Waals surface area contributed by atoms with E-state index >= 15 is 0 Å². The van der Waals surface area contributed by atoms with Gasteiger partial charge >= 0.3 is 0 Å². The molecule has 2 aromatic carbocycles. The molecule has 4 rings (SSSR count). The molecule has 0 atom stereocenters. The van der Waals surface area contributed by atoms with Gasteiger partial charge in [-0.1, -0.05) is 31.2 Å². The Bertz CT molecular complexity index is 1240. The molecule has 2 aromatic heterocycles. The minimum absolute atomic E-state index is 0.00278. The smallest absolute Gasteiger partial charge is 0.271 e. The fraction of sp³-hybridized carbons (Fsp3) is 0.143. The topological polar surface area (TPSA) is 110 Å². The third kappa shape index (κ3) is 3.87. The second kappa shape index (κ2) is 7.96. The molecule has 0 radical (unpaired) electrons. The number of fused-ring (bicyclic) bond motifs is 1. The average Bonchev–Trinajstić information content (AvgIpc) is 3.31. The Kier molecular flexibility index (Phi) is 5.20. The van der Waals surface area contributed by atoms with E-state index in [1.165, 1.54) is 29.0 Å². The van der Waals surface area contributed by atoms with Gasteiger partial charge in [0, 0.05) is 35.0 Å². The van der Waals surface area contributed by atoms with Crippen LogP contribution in [0, 0.1) is 10.1 Å². The maximum atomic E-state index is 12.5. The number of nitrogens with one attached hydrogen (secondary N) is 1. The van der Waals surface area contributed by atoms with E-state index < -0.39 is 10.8 Å². The van der Waals surface area contributed by atoms with E-state index in [4.69, 9.17) is 0 Å². The Morgan fingerprint density at radius 2 is 2.03 bits per heavy atom. The summed E-state index contributed by atoms with van der Waals surface area (Å²) in [5, 5.41) is 25.2. The molecule has 30 heavy (non-hydrogen) atoms. The highest BCUT2D eigenvalue weighted by atomic mass is 32.1. The molecule has 2 heterocycles. The number of thiazole rings is 1. The molecule has 4 aromatic rings. The van der Waals surface area contributed by atoms with Crippen molar-refractivity contribution in [1.82, 2.24) is 9.38 Å². The summed E-state index contributed by atoms with van der Waals surface area (Å²) in [6, 6.07) is 11.7. The van der Waals surface area contributed by atoms with E-state index in [0.717, 1.165) is 34.4 Å². The summed E-state index contributed by atoms with van der Waals surface area (Å²) < 4.78 is 1.86. The van der Waals surface area contributed by atoms with E-state index in [2.05, 4.69) is 29.4 Å². The first-order chi connectivity index (χ1) is 14.4. The van der Waals surface area contributed by atoms with Gasteiger partial charge in [0.15, 0.2) is 4.96 Å². The number of benzene rings is 2.